The largest absolute Gasteiger partial charge is 0.379 e. The Bertz CT molecular complexity index is 637. The highest BCUT2D eigenvalue weighted by molar-refractivity contribution is 5.98. The van der Waals surface area contributed by atoms with E-state index in [4.69, 9.17) is 4.74 Å². The van der Waals surface area contributed by atoms with E-state index in [1.54, 1.807) is 18.2 Å². The molecule has 1 aliphatic carbocycles. The van der Waals surface area contributed by atoms with Crippen molar-refractivity contribution in [3.05, 3.63) is 29.8 Å². The van der Waals surface area contributed by atoms with Crippen LogP contribution < -0.4 is 10.6 Å². The zero-order valence-corrected chi connectivity index (χ0v) is 15.7. The quantitative estimate of drug-likeness (QED) is 0.782. The molecule has 142 valence electrons. The molecule has 1 aliphatic heterocycles. The van der Waals surface area contributed by atoms with E-state index in [2.05, 4.69) is 29.4 Å². The molecular weight excluding hydrogens is 330 g/mol. The minimum atomic E-state index is -0.105. The first kappa shape index (κ1) is 18.9. The molecule has 1 heterocycles. The predicted molar refractivity (Wildman–Crippen MR) is 101 cm³/mol. The maximum atomic E-state index is 12.6. The van der Waals surface area contributed by atoms with Crippen LogP contribution in [0.5, 0.6) is 0 Å². The number of amides is 2. The van der Waals surface area contributed by atoms with Gasteiger partial charge in [-0.1, -0.05) is 19.9 Å². The molecule has 1 atom stereocenters. The lowest BCUT2D eigenvalue weighted by molar-refractivity contribution is -0.117. The van der Waals surface area contributed by atoms with Crippen LogP contribution >= 0.6 is 0 Å². The summed E-state index contributed by atoms with van der Waals surface area (Å²) in [4.78, 5) is 26.9. The Labute approximate surface area is 155 Å². The summed E-state index contributed by atoms with van der Waals surface area (Å²) in [5.74, 6) is 0.534. The zero-order chi connectivity index (χ0) is 18.5. The second-order valence-corrected chi connectivity index (χ2v) is 7.51. The van der Waals surface area contributed by atoms with Crippen LogP contribution in [0, 0.1) is 11.8 Å². The van der Waals surface area contributed by atoms with Crippen LogP contribution in [0.3, 0.4) is 0 Å². The van der Waals surface area contributed by atoms with Gasteiger partial charge in [-0.15, -0.1) is 0 Å². The first-order valence-corrected chi connectivity index (χ1v) is 9.55. The average molecular weight is 359 g/mol. The second kappa shape index (κ2) is 8.64. The molecule has 0 spiro atoms. The number of benzene rings is 1. The van der Waals surface area contributed by atoms with Crippen molar-refractivity contribution in [3.63, 3.8) is 0 Å². The molecule has 2 N–H and O–H groups in total. The van der Waals surface area contributed by atoms with Crippen LogP contribution in [-0.4, -0.2) is 55.6 Å². The van der Waals surface area contributed by atoms with Gasteiger partial charge in [-0.2, -0.15) is 0 Å². The van der Waals surface area contributed by atoms with Gasteiger partial charge in [0, 0.05) is 42.8 Å². The molecule has 2 amide bonds. The molecular formula is C20H29N3O3. The van der Waals surface area contributed by atoms with Crippen LogP contribution in [0.1, 0.15) is 37.0 Å². The number of ether oxygens (including phenoxy) is 1. The van der Waals surface area contributed by atoms with Crippen molar-refractivity contribution in [2.45, 2.75) is 32.7 Å². The van der Waals surface area contributed by atoms with E-state index >= 15 is 0 Å². The zero-order valence-electron chi connectivity index (χ0n) is 15.7. The number of carbonyl (C=O) groups is 2. The van der Waals surface area contributed by atoms with Crippen molar-refractivity contribution in [2.75, 3.05) is 38.2 Å². The fraction of sp³-hybridized carbons (Fsp3) is 0.600. The van der Waals surface area contributed by atoms with Gasteiger partial charge >= 0.3 is 0 Å². The van der Waals surface area contributed by atoms with Crippen LogP contribution in [-0.2, 0) is 9.53 Å². The number of nitrogens with zero attached hydrogens (tertiary/aromatic N) is 1. The highest BCUT2D eigenvalue weighted by atomic mass is 16.5. The molecule has 0 radical (unpaired) electrons. The summed E-state index contributed by atoms with van der Waals surface area (Å²) in [7, 11) is 0. The Morgan fingerprint density at radius 1 is 1.23 bits per heavy atom. The Kier molecular flexibility index (Phi) is 6.27. The number of nitrogens with one attached hydrogen (secondary N) is 2. The highest BCUT2D eigenvalue weighted by Gasteiger charge is 2.29. The van der Waals surface area contributed by atoms with Crippen molar-refractivity contribution in [2.24, 2.45) is 11.8 Å². The lowest BCUT2D eigenvalue weighted by Gasteiger charge is -2.36. The minimum absolute atomic E-state index is 0.0507. The van der Waals surface area contributed by atoms with Crippen LogP contribution in [0.25, 0.3) is 0 Å². The molecule has 1 saturated carbocycles. The Hall–Kier alpha value is -1.92. The molecule has 6 heteroatoms. The molecule has 1 aromatic rings. The monoisotopic (exact) mass is 359 g/mol. The summed E-state index contributed by atoms with van der Waals surface area (Å²) < 4.78 is 5.43. The summed E-state index contributed by atoms with van der Waals surface area (Å²) in [5.41, 5.74) is 1.26. The number of hydrogen-bond acceptors (Lipinski definition) is 4. The van der Waals surface area contributed by atoms with E-state index in [1.165, 1.54) is 0 Å². The molecule has 1 aromatic carbocycles. The average Bonchev–Trinajstić information content (AvgIpc) is 3.48. The number of anilines is 1. The number of carbonyl (C=O) groups excluding carboxylic acids is 2. The maximum Gasteiger partial charge on any atom is 0.251 e. The van der Waals surface area contributed by atoms with Crippen LogP contribution in [0.2, 0.25) is 0 Å². The van der Waals surface area contributed by atoms with E-state index in [-0.39, 0.29) is 17.7 Å². The van der Waals surface area contributed by atoms with Crippen molar-refractivity contribution < 1.29 is 14.3 Å². The molecule has 0 bridgehead atoms. The highest BCUT2D eigenvalue weighted by Crippen LogP contribution is 2.30. The van der Waals surface area contributed by atoms with Gasteiger partial charge < -0.3 is 15.4 Å². The molecule has 3 rings (SSSR count). The fourth-order valence-electron chi connectivity index (χ4n) is 3.32. The van der Waals surface area contributed by atoms with Gasteiger partial charge in [0.1, 0.15) is 0 Å². The standard InChI is InChI=1S/C20H29N3O3/c1-14(2)18(23-8-10-26-11-9-23)13-21-19(24)16-4-3-5-17(12-16)22-20(25)15-6-7-15/h3-5,12,14-15,18H,6-11,13H2,1-2H3,(H,21,24)(H,22,25). The van der Waals surface area contributed by atoms with Crippen LogP contribution in [0.4, 0.5) is 5.69 Å². The van der Waals surface area contributed by atoms with E-state index in [9.17, 15) is 9.59 Å². The Morgan fingerprint density at radius 3 is 2.62 bits per heavy atom. The number of morpholine rings is 1. The van der Waals surface area contributed by atoms with E-state index in [1.807, 2.05) is 6.07 Å². The number of rotatable bonds is 7. The number of hydrogen-bond donors (Lipinski definition) is 2. The third kappa shape index (κ3) is 5.05. The summed E-state index contributed by atoms with van der Waals surface area (Å²) >= 11 is 0. The Morgan fingerprint density at radius 2 is 1.96 bits per heavy atom. The molecule has 6 nitrogen and oxygen atoms in total. The van der Waals surface area contributed by atoms with E-state index < -0.39 is 0 Å². The molecule has 2 aliphatic rings. The lowest BCUT2D eigenvalue weighted by Crippen LogP contribution is -2.51. The van der Waals surface area contributed by atoms with Crippen LogP contribution in [0.15, 0.2) is 24.3 Å². The topological polar surface area (TPSA) is 70.7 Å². The first-order valence-electron chi connectivity index (χ1n) is 9.55. The third-order valence-corrected chi connectivity index (χ3v) is 5.10. The molecule has 0 aromatic heterocycles. The third-order valence-electron chi connectivity index (χ3n) is 5.10. The molecule has 1 unspecified atom stereocenters. The molecule has 26 heavy (non-hydrogen) atoms. The molecule has 2 fully saturated rings. The lowest BCUT2D eigenvalue weighted by atomic mass is 10.0. The van der Waals surface area contributed by atoms with Crippen molar-refractivity contribution in [1.29, 1.82) is 0 Å². The van der Waals surface area contributed by atoms with Gasteiger partial charge in [0.15, 0.2) is 0 Å². The predicted octanol–water partition coefficient (Wildman–Crippen LogP) is 2.12. The van der Waals surface area contributed by atoms with Crippen molar-refractivity contribution >= 4 is 17.5 Å². The first-order chi connectivity index (χ1) is 12.5. The fourth-order valence-corrected chi connectivity index (χ4v) is 3.32. The van der Waals surface area contributed by atoms with E-state index in [0.29, 0.717) is 29.8 Å². The Balaban J connectivity index is 1.57. The summed E-state index contributed by atoms with van der Waals surface area (Å²) in [5, 5.41) is 5.95. The van der Waals surface area contributed by atoms with Gasteiger partial charge in [0.2, 0.25) is 5.91 Å². The maximum absolute atomic E-state index is 12.6. The van der Waals surface area contributed by atoms with E-state index in [0.717, 1.165) is 39.1 Å². The minimum Gasteiger partial charge on any atom is -0.379 e. The second-order valence-electron chi connectivity index (χ2n) is 7.51. The normalized spacial score (nSPS) is 19.2. The van der Waals surface area contributed by atoms with Gasteiger partial charge in [-0.25, -0.2) is 0 Å². The van der Waals surface area contributed by atoms with Gasteiger partial charge in [0.25, 0.3) is 5.91 Å². The van der Waals surface area contributed by atoms with Gasteiger partial charge in [-0.3, -0.25) is 14.5 Å². The summed E-state index contributed by atoms with van der Waals surface area (Å²) in [6.45, 7) is 8.28. The summed E-state index contributed by atoms with van der Waals surface area (Å²) in [6, 6.07) is 7.44. The smallest absolute Gasteiger partial charge is 0.251 e. The van der Waals surface area contributed by atoms with Gasteiger partial charge in [-0.05, 0) is 37.0 Å². The SMILES string of the molecule is CC(C)C(CNC(=O)c1cccc(NC(=O)C2CC2)c1)N1CCOCC1. The van der Waals surface area contributed by atoms with Gasteiger partial charge in [0.05, 0.1) is 13.2 Å². The van der Waals surface area contributed by atoms with Crippen molar-refractivity contribution in [1.82, 2.24) is 10.2 Å². The van der Waals surface area contributed by atoms with Crippen molar-refractivity contribution in [3.8, 4) is 0 Å². The summed E-state index contributed by atoms with van der Waals surface area (Å²) in [6.07, 6.45) is 1.92. The molecule has 1 saturated heterocycles.